The Kier molecular flexibility index (Phi) is 3.45. The van der Waals surface area contributed by atoms with Crippen molar-refractivity contribution < 1.29 is 0 Å². The maximum absolute atomic E-state index is 5.82. The van der Waals surface area contributed by atoms with E-state index in [-0.39, 0.29) is 0 Å². The van der Waals surface area contributed by atoms with Gasteiger partial charge in [-0.15, -0.1) is 10.2 Å². The third kappa shape index (κ3) is 2.48. The van der Waals surface area contributed by atoms with Crippen molar-refractivity contribution in [3.63, 3.8) is 0 Å². The second-order valence-corrected chi connectivity index (χ2v) is 5.82. The lowest BCUT2D eigenvalue weighted by molar-refractivity contribution is 0.686. The molecule has 1 N–H and O–H groups in total. The Morgan fingerprint density at radius 3 is 3.06 bits per heavy atom. The minimum Gasteiger partial charge on any atom is -0.363 e. The molecule has 0 fully saturated rings. The molecule has 0 bridgehead atoms. The van der Waals surface area contributed by atoms with Crippen LogP contribution in [0.4, 0.5) is 5.69 Å². The van der Waals surface area contributed by atoms with Gasteiger partial charge >= 0.3 is 0 Å². The van der Waals surface area contributed by atoms with Gasteiger partial charge in [-0.25, -0.2) is 0 Å². The fraction of sp³-hybridized carbons (Fsp3) is 0.333. The van der Waals surface area contributed by atoms with Gasteiger partial charge in [-0.05, 0) is 23.2 Å². The Morgan fingerprint density at radius 1 is 1.33 bits per heavy atom. The monoisotopic (exact) mass is 280 g/mol. The van der Waals surface area contributed by atoms with E-state index in [2.05, 4.69) is 44.7 Å². The number of para-hydroxylation sites is 1. The third-order valence-electron chi connectivity index (χ3n) is 2.97. The molecule has 3 rings (SSSR count). The molecule has 0 atom stereocenters. The molecule has 94 valence electrons. The quantitative estimate of drug-likeness (QED) is 0.916. The largest absolute Gasteiger partial charge is 0.363 e. The van der Waals surface area contributed by atoms with Gasteiger partial charge in [-0.2, -0.15) is 0 Å². The summed E-state index contributed by atoms with van der Waals surface area (Å²) in [6.45, 7) is 3.63. The Balaban J connectivity index is 1.87. The molecule has 18 heavy (non-hydrogen) atoms. The van der Waals surface area contributed by atoms with E-state index in [1.165, 1.54) is 22.6 Å². The van der Waals surface area contributed by atoms with Crippen LogP contribution >= 0.6 is 22.9 Å². The fourth-order valence-corrected chi connectivity index (χ4v) is 3.03. The van der Waals surface area contributed by atoms with E-state index >= 15 is 0 Å². The van der Waals surface area contributed by atoms with Crippen LogP contribution in [0.2, 0.25) is 4.47 Å². The molecular formula is C12H13ClN4S. The first kappa shape index (κ1) is 11.9. The van der Waals surface area contributed by atoms with Crippen molar-refractivity contribution in [3.05, 3.63) is 39.3 Å². The summed E-state index contributed by atoms with van der Waals surface area (Å²) in [6.07, 6.45) is 0. The lowest BCUT2D eigenvalue weighted by atomic mass is 10.1. The van der Waals surface area contributed by atoms with E-state index in [0.717, 1.165) is 31.2 Å². The summed E-state index contributed by atoms with van der Waals surface area (Å²) >= 11 is 7.27. The zero-order valence-electron chi connectivity index (χ0n) is 9.77. The highest BCUT2D eigenvalue weighted by Crippen LogP contribution is 2.25. The van der Waals surface area contributed by atoms with Crippen LogP contribution < -0.4 is 10.2 Å². The molecule has 1 aromatic carbocycles. The van der Waals surface area contributed by atoms with Crippen LogP contribution in [0.15, 0.2) is 24.3 Å². The molecule has 0 saturated heterocycles. The van der Waals surface area contributed by atoms with Gasteiger partial charge in [0.25, 0.3) is 0 Å². The number of anilines is 1. The van der Waals surface area contributed by atoms with Crippen molar-refractivity contribution in [2.45, 2.75) is 13.1 Å². The highest BCUT2D eigenvalue weighted by atomic mass is 35.5. The summed E-state index contributed by atoms with van der Waals surface area (Å²) in [5.74, 6) is 0. The third-order valence-corrected chi connectivity index (χ3v) is 3.98. The number of fused-ring (bicyclic) bond motifs is 1. The molecule has 2 aromatic rings. The van der Waals surface area contributed by atoms with E-state index in [0.29, 0.717) is 4.47 Å². The average Bonchev–Trinajstić information content (AvgIpc) is 2.68. The lowest BCUT2D eigenvalue weighted by Crippen LogP contribution is -2.28. The van der Waals surface area contributed by atoms with Crippen molar-refractivity contribution in [1.82, 2.24) is 15.5 Å². The highest BCUT2D eigenvalue weighted by Gasteiger charge is 2.16. The molecule has 1 aliphatic heterocycles. The molecular weight excluding hydrogens is 268 g/mol. The Labute approximate surface area is 115 Å². The first-order valence-electron chi connectivity index (χ1n) is 5.84. The molecule has 6 heteroatoms. The number of aromatic nitrogens is 2. The van der Waals surface area contributed by atoms with Crippen LogP contribution in [-0.4, -0.2) is 23.3 Å². The Hall–Kier alpha value is -1.17. The number of nitrogens with one attached hydrogen (secondary N) is 1. The van der Waals surface area contributed by atoms with Gasteiger partial charge in [0.1, 0.15) is 5.01 Å². The van der Waals surface area contributed by atoms with Crippen molar-refractivity contribution >= 4 is 28.6 Å². The molecule has 0 radical (unpaired) electrons. The number of halogens is 1. The summed E-state index contributed by atoms with van der Waals surface area (Å²) in [7, 11) is 0. The SMILES string of the molecule is Clc1nnc(CN2CCNCc3ccccc32)s1. The maximum Gasteiger partial charge on any atom is 0.207 e. The van der Waals surface area contributed by atoms with Gasteiger partial charge < -0.3 is 10.2 Å². The minimum atomic E-state index is 0.506. The molecule has 0 unspecified atom stereocenters. The van der Waals surface area contributed by atoms with Crippen molar-refractivity contribution in [2.24, 2.45) is 0 Å². The molecule has 0 saturated carbocycles. The molecule has 0 spiro atoms. The van der Waals surface area contributed by atoms with Gasteiger partial charge in [0.2, 0.25) is 4.47 Å². The van der Waals surface area contributed by atoms with Crippen LogP contribution in [0.25, 0.3) is 0 Å². The zero-order valence-corrected chi connectivity index (χ0v) is 11.3. The normalized spacial score (nSPS) is 15.3. The van der Waals surface area contributed by atoms with E-state index in [1.54, 1.807) is 0 Å². The molecule has 2 heterocycles. The zero-order chi connectivity index (χ0) is 12.4. The topological polar surface area (TPSA) is 41.1 Å². The first-order valence-corrected chi connectivity index (χ1v) is 7.04. The van der Waals surface area contributed by atoms with E-state index < -0.39 is 0 Å². The molecule has 0 aliphatic carbocycles. The Bertz CT molecular complexity index is 542. The average molecular weight is 281 g/mol. The number of benzene rings is 1. The summed E-state index contributed by atoms with van der Waals surface area (Å²) in [5.41, 5.74) is 2.60. The Morgan fingerprint density at radius 2 is 2.22 bits per heavy atom. The summed E-state index contributed by atoms with van der Waals surface area (Å²) in [4.78, 5) is 2.33. The molecule has 1 aromatic heterocycles. The van der Waals surface area contributed by atoms with Crippen LogP contribution in [0, 0.1) is 0 Å². The smallest absolute Gasteiger partial charge is 0.207 e. The highest BCUT2D eigenvalue weighted by molar-refractivity contribution is 7.15. The number of hydrogen-bond acceptors (Lipinski definition) is 5. The lowest BCUT2D eigenvalue weighted by Gasteiger charge is -2.23. The van der Waals surface area contributed by atoms with E-state index in [4.69, 9.17) is 11.6 Å². The molecule has 1 aliphatic rings. The molecule has 0 amide bonds. The number of nitrogens with zero attached hydrogens (tertiary/aromatic N) is 3. The summed E-state index contributed by atoms with van der Waals surface area (Å²) < 4.78 is 0.506. The van der Waals surface area contributed by atoms with E-state index in [1.807, 2.05) is 0 Å². The van der Waals surface area contributed by atoms with Gasteiger partial charge in [0, 0.05) is 25.3 Å². The van der Waals surface area contributed by atoms with Gasteiger partial charge in [-0.1, -0.05) is 29.5 Å². The first-order chi connectivity index (χ1) is 8.83. The standard InChI is InChI=1S/C12H13ClN4S/c13-12-16-15-11(18-12)8-17-6-5-14-7-9-3-1-2-4-10(9)17/h1-4,14H,5-8H2. The minimum absolute atomic E-state index is 0.506. The second-order valence-electron chi connectivity index (χ2n) is 4.18. The van der Waals surface area contributed by atoms with Crippen molar-refractivity contribution in [1.29, 1.82) is 0 Å². The van der Waals surface area contributed by atoms with Crippen molar-refractivity contribution in [3.8, 4) is 0 Å². The van der Waals surface area contributed by atoms with Gasteiger partial charge in [0.05, 0.1) is 6.54 Å². The van der Waals surface area contributed by atoms with Crippen molar-refractivity contribution in [2.75, 3.05) is 18.0 Å². The van der Waals surface area contributed by atoms with Crippen LogP contribution in [0.5, 0.6) is 0 Å². The molecule has 4 nitrogen and oxygen atoms in total. The van der Waals surface area contributed by atoms with Crippen LogP contribution in [0.3, 0.4) is 0 Å². The van der Waals surface area contributed by atoms with E-state index in [9.17, 15) is 0 Å². The number of hydrogen-bond donors (Lipinski definition) is 1. The van der Waals surface area contributed by atoms with Gasteiger partial charge in [-0.3, -0.25) is 0 Å². The number of rotatable bonds is 2. The predicted molar refractivity (Wildman–Crippen MR) is 74.1 cm³/mol. The summed E-state index contributed by atoms with van der Waals surface area (Å²) in [6, 6.07) is 8.47. The second kappa shape index (κ2) is 5.22. The fourth-order valence-electron chi connectivity index (χ4n) is 2.15. The predicted octanol–water partition coefficient (Wildman–Crippen LogP) is 2.30. The van der Waals surface area contributed by atoms with Gasteiger partial charge in [0.15, 0.2) is 0 Å². The van der Waals surface area contributed by atoms with Crippen LogP contribution in [0.1, 0.15) is 10.6 Å². The summed E-state index contributed by atoms with van der Waals surface area (Å²) in [5, 5.41) is 12.3. The van der Waals surface area contributed by atoms with Crippen LogP contribution in [-0.2, 0) is 13.1 Å². The maximum atomic E-state index is 5.82.